The standard InChI is InChI=1S/C20H15N5O3S/c1-12-7-8-14(9-13(12)2)24-18(26)16-5-3-4-6-17(16)23-20(24)29-19-21-10-15(11-22-19)25(27)28/h3-11H,1-2H3. The minimum absolute atomic E-state index is 0.202. The fraction of sp³-hybridized carbons (Fsp3) is 0.100. The molecule has 4 aromatic rings. The molecule has 2 aromatic carbocycles. The van der Waals surface area contributed by atoms with Crippen molar-refractivity contribution in [2.24, 2.45) is 0 Å². The largest absolute Gasteiger partial charge is 0.305 e. The van der Waals surface area contributed by atoms with Gasteiger partial charge in [0.15, 0.2) is 10.3 Å². The van der Waals surface area contributed by atoms with E-state index in [-0.39, 0.29) is 16.4 Å². The Kier molecular flexibility index (Phi) is 4.81. The van der Waals surface area contributed by atoms with Gasteiger partial charge < -0.3 is 0 Å². The highest BCUT2D eigenvalue weighted by Crippen LogP contribution is 2.27. The monoisotopic (exact) mass is 405 g/mol. The van der Waals surface area contributed by atoms with E-state index < -0.39 is 4.92 Å². The highest BCUT2D eigenvalue weighted by molar-refractivity contribution is 7.99. The van der Waals surface area contributed by atoms with Crippen LogP contribution in [0, 0.1) is 24.0 Å². The van der Waals surface area contributed by atoms with Crippen molar-refractivity contribution < 1.29 is 4.92 Å². The van der Waals surface area contributed by atoms with Crippen molar-refractivity contribution in [1.82, 2.24) is 19.5 Å². The lowest BCUT2D eigenvalue weighted by Crippen LogP contribution is -2.22. The van der Waals surface area contributed by atoms with E-state index in [1.54, 1.807) is 18.2 Å². The van der Waals surface area contributed by atoms with Gasteiger partial charge in [-0.2, -0.15) is 0 Å². The fourth-order valence-corrected chi connectivity index (χ4v) is 3.61. The third-order valence-corrected chi connectivity index (χ3v) is 5.35. The molecule has 0 aliphatic heterocycles. The average Bonchev–Trinajstić information content (AvgIpc) is 2.71. The van der Waals surface area contributed by atoms with E-state index in [1.165, 1.54) is 4.57 Å². The maximum atomic E-state index is 13.3. The second kappa shape index (κ2) is 7.44. The van der Waals surface area contributed by atoms with Crippen LogP contribution in [0.2, 0.25) is 0 Å². The Morgan fingerprint density at radius 3 is 2.45 bits per heavy atom. The molecule has 9 heteroatoms. The van der Waals surface area contributed by atoms with Gasteiger partial charge in [0.05, 0.1) is 21.5 Å². The van der Waals surface area contributed by atoms with Crippen LogP contribution in [0.5, 0.6) is 0 Å². The van der Waals surface area contributed by atoms with E-state index in [0.717, 1.165) is 35.3 Å². The molecule has 144 valence electrons. The summed E-state index contributed by atoms with van der Waals surface area (Å²) in [6.45, 7) is 3.98. The molecular formula is C20H15N5O3S. The predicted octanol–water partition coefficient (Wildman–Crippen LogP) is 3.85. The zero-order valence-corrected chi connectivity index (χ0v) is 16.4. The molecule has 29 heavy (non-hydrogen) atoms. The minimum atomic E-state index is -0.562. The van der Waals surface area contributed by atoms with Gasteiger partial charge in [0.2, 0.25) is 0 Å². The molecule has 0 fully saturated rings. The van der Waals surface area contributed by atoms with E-state index in [9.17, 15) is 14.9 Å². The van der Waals surface area contributed by atoms with Gasteiger partial charge in [-0.15, -0.1) is 0 Å². The van der Waals surface area contributed by atoms with Crippen LogP contribution in [0.3, 0.4) is 0 Å². The molecule has 0 spiro atoms. The van der Waals surface area contributed by atoms with Crippen molar-refractivity contribution in [2.45, 2.75) is 24.2 Å². The van der Waals surface area contributed by atoms with Crippen molar-refractivity contribution in [1.29, 1.82) is 0 Å². The van der Waals surface area contributed by atoms with Crippen LogP contribution >= 0.6 is 11.8 Å². The molecule has 0 aliphatic rings. The Bertz CT molecular complexity index is 1300. The van der Waals surface area contributed by atoms with Gasteiger partial charge >= 0.3 is 5.69 Å². The van der Waals surface area contributed by atoms with E-state index >= 15 is 0 Å². The number of aryl methyl sites for hydroxylation is 2. The number of fused-ring (bicyclic) bond motifs is 1. The van der Waals surface area contributed by atoms with Gasteiger partial charge in [-0.1, -0.05) is 18.2 Å². The van der Waals surface area contributed by atoms with Crippen LogP contribution in [0.4, 0.5) is 5.69 Å². The molecule has 0 N–H and O–H groups in total. The molecule has 0 atom stereocenters. The van der Waals surface area contributed by atoms with Crippen LogP contribution in [0.15, 0.2) is 70.0 Å². The Hall–Kier alpha value is -3.59. The average molecular weight is 405 g/mol. The molecule has 0 aliphatic carbocycles. The second-order valence-corrected chi connectivity index (χ2v) is 7.34. The third kappa shape index (κ3) is 3.59. The minimum Gasteiger partial charge on any atom is -0.268 e. The quantitative estimate of drug-likeness (QED) is 0.288. The topological polar surface area (TPSA) is 104 Å². The Balaban J connectivity index is 1.90. The number of hydrogen-bond donors (Lipinski definition) is 0. The number of rotatable bonds is 4. The first kappa shape index (κ1) is 18.8. The Labute approximate surface area is 169 Å². The van der Waals surface area contributed by atoms with Crippen molar-refractivity contribution in [3.05, 3.63) is 86.5 Å². The van der Waals surface area contributed by atoms with Gasteiger partial charge in [-0.05, 0) is 61.0 Å². The van der Waals surface area contributed by atoms with Crippen LogP contribution in [-0.2, 0) is 0 Å². The van der Waals surface area contributed by atoms with Crippen molar-refractivity contribution in [3.63, 3.8) is 0 Å². The summed E-state index contributed by atoms with van der Waals surface area (Å²) in [6, 6.07) is 12.8. The zero-order valence-electron chi connectivity index (χ0n) is 15.6. The smallest absolute Gasteiger partial charge is 0.268 e. The summed E-state index contributed by atoms with van der Waals surface area (Å²) in [6.07, 6.45) is 2.27. The first-order valence-corrected chi connectivity index (χ1v) is 9.49. The lowest BCUT2D eigenvalue weighted by atomic mass is 10.1. The Morgan fingerprint density at radius 2 is 1.76 bits per heavy atom. The van der Waals surface area contributed by atoms with Gasteiger partial charge in [-0.3, -0.25) is 19.5 Å². The van der Waals surface area contributed by atoms with E-state index in [2.05, 4.69) is 15.0 Å². The molecular weight excluding hydrogens is 390 g/mol. The first-order valence-electron chi connectivity index (χ1n) is 8.68. The summed E-state index contributed by atoms with van der Waals surface area (Å²) in [4.78, 5) is 36.2. The predicted molar refractivity (Wildman–Crippen MR) is 110 cm³/mol. The molecule has 2 aromatic heterocycles. The maximum absolute atomic E-state index is 13.3. The maximum Gasteiger partial charge on any atom is 0.305 e. The highest BCUT2D eigenvalue weighted by Gasteiger charge is 2.16. The van der Waals surface area contributed by atoms with Gasteiger partial charge in [0.25, 0.3) is 5.56 Å². The molecule has 2 heterocycles. The van der Waals surface area contributed by atoms with E-state index in [0.29, 0.717) is 21.7 Å². The number of benzene rings is 2. The van der Waals surface area contributed by atoms with Crippen molar-refractivity contribution in [3.8, 4) is 5.69 Å². The summed E-state index contributed by atoms with van der Waals surface area (Å²) >= 11 is 1.08. The molecule has 4 rings (SSSR count). The van der Waals surface area contributed by atoms with E-state index in [1.807, 2.05) is 38.1 Å². The molecule has 0 saturated carbocycles. The van der Waals surface area contributed by atoms with Gasteiger partial charge in [-0.25, -0.2) is 15.0 Å². The number of nitro groups is 1. The number of nitrogens with zero attached hydrogens (tertiary/aromatic N) is 5. The zero-order chi connectivity index (χ0) is 20.5. The normalized spacial score (nSPS) is 11.0. The van der Waals surface area contributed by atoms with Crippen molar-refractivity contribution in [2.75, 3.05) is 0 Å². The molecule has 0 saturated heterocycles. The lowest BCUT2D eigenvalue weighted by molar-refractivity contribution is -0.385. The fourth-order valence-electron chi connectivity index (χ4n) is 2.81. The second-order valence-electron chi connectivity index (χ2n) is 6.40. The summed E-state index contributed by atoms with van der Waals surface area (Å²) < 4.78 is 1.52. The lowest BCUT2D eigenvalue weighted by Gasteiger charge is -2.14. The highest BCUT2D eigenvalue weighted by atomic mass is 32.2. The summed E-state index contributed by atoms with van der Waals surface area (Å²) in [7, 11) is 0. The first-order chi connectivity index (χ1) is 13.9. The van der Waals surface area contributed by atoms with E-state index in [4.69, 9.17) is 0 Å². The molecule has 8 nitrogen and oxygen atoms in total. The van der Waals surface area contributed by atoms with Gasteiger partial charge in [0.1, 0.15) is 12.4 Å². The number of aromatic nitrogens is 4. The molecule has 0 unspecified atom stereocenters. The number of hydrogen-bond acceptors (Lipinski definition) is 7. The summed E-state index contributed by atoms with van der Waals surface area (Å²) in [5.41, 5.74) is 2.99. The van der Waals surface area contributed by atoms with Crippen LogP contribution in [-0.4, -0.2) is 24.4 Å². The summed E-state index contributed by atoms with van der Waals surface area (Å²) in [5, 5.41) is 12.0. The summed E-state index contributed by atoms with van der Waals surface area (Å²) in [5.74, 6) is 0. The van der Waals surface area contributed by atoms with Crippen LogP contribution in [0.1, 0.15) is 11.1 Å². The van der Waals surface area contributed by atoms with Crippen LogP contribution in [0.25, 0.3) is 16.6 Å². The molecule has 0 amide bonds. The van der Waals surface area contributed by atoms with Crippen LogP contribution < -0.4 is 5.56 Å². The SMILES string of the molecule is Cc1ccc(-n2c(Sc3ncc([N+](=O)[O-])cn3)nc3ccccc3c2=O)cc1C. The third-order valence-electron chi connectivity index (χ3n) is 4.50. The molecule has 0 bridgehead atoms. The number of para-hydroxylation sites is 1. The Morgan fingerprint density at radius 1 is 1.03 bits per heavy atom. The van der Waals surface area contributed by atoms with Gasteiger partial charge in [0, 0.05) is 0 Å². The van der Waals surface area contributed by atoms with Crippen molar-refractivity contribution >= 4 is 28.4 Å². The molecule has 0 radical (unpaired) electrons.